The van der Waals surface area contributed by atoms with E-state index in [1.807, 2.05) is 0 Å². The third-order valence-corrected chi connectivity index (χ3v) is 2.93. The molecule has 0 aliphatic carbocycles. The van der Waals surface area contributed by atoms with Gasteiger partial charge >= 0.3 is 12.1 Å². The zero-order valence-electron chi connectivity index (χ0n) is 11.3. The quantitative estimate of drug-likeness (QED) is 0.803. The molecule has 0 unspecified atom stereocenters. The summed E-state index contributed by atoms with van der Waals surface area (Å²) in [7, 11) is 0. The number of halogens is 3. The van der Waals surface area contributed by atoms with Gasteiger partial charge in [-0.3, -0.25) is 0 Å². The van der Waals surface area contributed by atoms with Gasteiger partial charge in [-0.1, -0.05) is 18.2 Å². The minimum absolute atomic E-state index is 0.0192. The molecule has 0 amide bonds. The number of hydrogen-bond donors (Lipinski definition) is 0. The van der Waals surface area contributed by atoms with Gasteiger partial charge in [0.05, 0.1) is 13.0 Å². The fraction of sp³-hybridized carbons (Fsp3) is 0.429. The largest absolute Gasteiger partial charge is 0.474 e. The van der Waals surface area contributed by atoms with Crippen LogP contribution in [0.3, 0.4) is 0 Å². The second-order valence-electron chi connectivity index (χ2n) is 4.62. The van der Waals surface area contributed by atoms with E-state index in [1.165, 1.54) is 6.92 Å². The van der Waals surface area contributed by atoms with Crippen molar-refractivity contribution in [1.82, 2.24) is 0 Å². The Morgan fingerprint density at radius 3 is 2.62 bits per heavy atom. The first-order valence-electron chi connectivity index (χ1n) is 6.38. The molecular formula is C14H14F3NO3. The van der Waals surface area contributed by atoms with Gasteiger partial charge in [-0.2, -0.15) is 13.2 Å². The molecule has 0 N–H and O–H groups in total. The van der Waals surface area contributed by atoms with E-state index in [9.17, 15) is 18.0 Å². The number of benzene rings is 1. The molecular weight excluding hydrogens is 287 g/mol. The first kappa shape index (κ1) is 15.3. The van der Waals surface area contributed by atoms with Crippen LogP contribution in [0.5, 0.6) is 0 Å². The van der Waals surface area contributed by atoms with Crippen LogP contribution >= 0.6 is 0 Å². The summed E-state index contributed by atoms with van der Waals surface area (Å²) in [6.07, 6.45) is -5.96. The molecule has 0 fully saturated rings. The second kappa shape index (κ2) is 5.75. The molecule has 0 saturated heterocycles. The fourth-order valence-corrected chi connectivity index (χ4v) is 2.04. The van der Waals surface area contributed by atoms with Gasteiger partial charge in [0.1, 0.15) is 6.61 Å². The van der Waals surface area contributed by atoms with Crippen LogP contribution in [0.2, 0.25) is 0 Å². The summed E-state index contributed by atoms with van der Waals surface area (Å²) in [4.78, 5) is 15.8. The number of hydrogen-bond acceptors (Lipinski definition) is 4. The maximum atomic E-state index is 12.7. The van der Waals surface area contributed by atoms with E-state index in [-0.39, 0.29) is 12.5 Å². The topological polar surface area (TPSA) is 47.9 Å². The maximum absolute atomic E-state index is 12.7. The van der Waals surface area contributed by atoms with Gasteiger partial charge in [-0.05, 0) is 19.1 Å². The number of carbonyl (C=O) groups excluding carboxylic acids is 1. The van der Waals surface area contributed by atoms with Crippen molar-refractivity contribution in [2.75, 3.05) is 13.2 Å². The molecule has 1 heterocycles. The molecule has 0 bridgehead atoms. The Hall–Kier alpha value is -2.05. The predicted octanol–water partition coefficient (Wildman–Crippen LogP) is 2.72. The highest BCUT2D eigenvalue weighted by Gasteiger charge is 2.53. The van der Waals surface area contributed by atoms with E-state index in [1.54, 1.807) is 30.3 Å². The summed E-state index contributed by atoms with van der Waals surface area (Å²) in [5, 5.41) is 0. The van der Waals surface area contributed by atoms with E-state index >= 15 is 0 Å². The summed E-state index contributed by atoms with van der Waals surface area (Å²) in [5.74, 6) is -0.999. The zero-order chi connectivity index (χ0) is 15.5. The van der Waals surface area contributed by atoms with E-state index in [2.05, 4.69) is 4.99 Å². The van der Waals surface area contributed by atoms with Gasteiger partial charge in [0, 0.05) is 5.56 Å². The van der Waals surface area contributed by atoms with Crippen LogP contribution in [0, 0.1) is 0 Å². The molecule has 4 nitrogen and oxygen atoms in total. The van der Waals surface area contributed by atoms with Crippen molar-refractivity contribution in [3.05, 3.63) is 35.9 Å². The summed E-state index contributed by atoms with van der Waals surface area (Å²) in [5.41, 5.74) is -1.54. The van der Waals surface area contributed by atoms with Crippen molar-refractivity contribution in [2.45, 2.75) is 25.1 Å². The average molecular weight is 301 g/mol. The summed E-state index contributed by atoms with van der Waals surface area (Å²) < 4.78 is 48.2. The van der Waals surface area contributed by atoms with E-state index in [0.717, 1.165) is 0 Å². The Balaban J connectivity index is 2.34. The number of rotatable bonds is 4. The Morgan fingerprint density at radius 1 is 1.38 bits per heavy atom. The summed E-state index contributed by atoms with van der Waals surface area (Å²) in [6.45, 7) is 1.03. The number of alkyl halides is 3. The van der Waals surface area contributed by atoms with Gasteiger partial charge < -0.3 is 9.47 Å². The summed E-state index contributed by atoms with van der Waals surface area (Å²) in [6, 6.07) is 8.46. The number of esters is 1. The van der Waals surface area contributed by atoms with Crippen LogP contribution in [-0.2, 0) is 14.3 Å². The minimum Gasteiger partial charge on any atom is -0.474 e. The Morgan fingerprint density at radius 2 is 2.05 bits per heavy atom. The highest BCUT2D eigenvalue weighted by atomic mass is 19.4. The molecule has 2 rings (SSSR count). The Kier molecular flexibility index (Phi) is 4.20. The summed E-state index contributed by atoms with van der Waals surface area (Å²) >= 11 is 0. The number of ether oxygens (including phenoxy) is 2. The molecule has 0 spiro atoms. The normalized spacial score (nSPS) is 21.6. The number of aliphatic imine (C=N–C) groups is 1. The lowest BCUT2D eigenvalue weighted by atomic mass is 9.97. The van der Waals surface area contributed by atoms with Crippen LogP contribution in [0.25, 0.3) is 0 Å². The van der Waals surface area contributed by atoms with E-state index in [4.69, 9.17) is 9.47 Å². The molecule has 114 valence electrons. The fourth-order valence-electron chi connectivity index (χ4n) is 2.04. The average Bonchev–Trinajstić information content (AvgIpc) is 2.83. The van der Waals surface area contributed by atoms with E-state index < -0.39 is 30.7 Å². The Labute approximate surface area is 119 Å². The zero-order valence-corrected chi connectivity index (χ0v) is 11.3. The monoisotopic (exact) mass is 301 g/mol. The molecule has 0 radical (unpaired) electrons. The van der Waals surface area contributed by atoms with Crippen molar-refractivity contribution in [3.8, 4) is 0 Å². The van der Waals surface area contributed by atoms with Crippen LogP contribution in [0.1, 0.15) is 18.9 Å². The Bertz CT molecular complexity index is 542. The second-order valence-corrected chi connectivity index (χ2v) is 4.62. The maximum Gasteiger partial charge on any atom is 0.392 e. The van der Waals surface area contributed by atoms with Gasteiger partial charge in [0.15, 0.2) is 0 Å². The predicted molar refractivity (Wildman–Crippen MR) is 69.0 cm³/mol. The van der Waals surface area contributed by atoms with Crippen molar-refractivity contribution < 1.29 is 27.4 Å². The van der Waals surface area contributed by atoms with Crippen LogP contribution in [0.15, 0.2) is 35.3 Å². The molecule has 1 aliphatic heterocycles. The van der Waals surface area contributed by atoms with Crippen molar-refractivity contribution in [2.24, 2.45) is 4.99 Å². The first-order valence-corrected chi connectivity index (χ1v) is 6.38. The van der Waals surface area contributed by atoms with E-state index in [0.29, 0.717) is 5.56 Å². The third-order valence-electron chi connectivity index (χ3n) is 2.93. The molecule has 7 heteroatoms. The molecule has 21 heavy (non-hydrogen) atoms. The lowest BCUT2D eigenvalue weighted by Gasteiger charge is -2.22. The lowest BCUT2D eigenvalue weighted by Crippen LogP contribution is -2.43. The van der Waals surface area contributed by atoms with Crippen molar-refractivity contribution >= 4 is 11.9 Å². The van der Waals surface area contributed by atoms with Crippen LogP contribution in [0.4, 0.5) is 13.2 Å². The molecule has 1 aromatic rings. The minimum atomic E-state index is -4.55. The van der Waals surface area contributed by atoms with Gasteiger partial charge in [-0.15, -0.1) is 0 Å². The van der Waals surface area contributed by atoms with Crippen LogP contribution in [-0.4, -0.2) is 36.8 Å². The molecule has 1 aromatic carbocycles. The molecule has 0 saturated carbocycles. The molecule has 0 aromatic heterocycles. The van der Waals surface area contributed by atoms with Crippen LogP contribution < -0.4 is 0 Å². The smallest absolute Gasteiger partial charge is 0.392 e. The number of nitrogens with zero attached hydrogens (tertiary/aromatic N) is 1. The van der Waals surface area contributed by atoms with Crippen molar-refractivity contribution in [1.29, 1.82) is 0 Å². The molecule has 1 atom stereocenters. The lowest BCUT2D eigenvalue weighted by molar-refractivity contribution is -0.171. The van der Waals surface area contributed by atoms with Gasteiger partial charge in [0.2, 0.25) is 11.4 Å². The first-order chi connectivity index (χ1) is 9.86. The SMILES string of the molecule is CCOC(=O)[C@@]1(CC(F)(F)F)COC(c2ccccc2)=N1. The third kappa shape index (κ3) is 3.53. The van der Waals surface area contributed by atoms with Crippen molar-refractivity contribution in [3.63, 3.8) is 0 Å². The van der Waals surface area contributed by atoms with Gasteiger partial charge in [0.25, 0.3) is 0 Å². The highest BCUT2D eigenvalue weighted by Crippen LogP contribution is 2.35. The van der Waals surface area contributed by atoms with Gasteiger partial charge in [-0.25, -0.2) is 9.79 Å². The number of carbonyl (C=O) groups is 1. The molecule has 1 aliphatic rings. The standard InChI is InChI=1S/C14H14F3NO3/c1-2-20-12(19)13(8-14(15,16)17)9-21-11(18-13)10-6-4-3-5-7-10/h3-7H,2,8-9H2,1H3/t13-/m1/s1. The highest BCUT2D eigenvalue weighted by molar-refractivity contribution is 5.99.